The molecule has 32 heavy (non-hydrogen) atoms. The molecule has 4 rings (SSSR count). The van der Waals surface area contributed by atoms with Gasteiger partial charge in [0.2, 0.25) is 5.82 Å². The van der Waals surface area contributed by atoms with Gasteiger partial charge in [0.1, 0.15) is 0 Å². The van der Waals surface area contributed by atoms with E-state index in [1.165, 1.54) is 16.7 Å². The molecule has 4 aromatic rings. The molecule has 0 unspecified atom stereocenters. The molecule has 2 aromatic carbocycles. The summed E-state index contributed by atoms with van der Waals surface area (Å²) < 4.78 is 1.96. The van der Waals surface area contributed by atoms with Crippen molar-refractivity contribution in [1.29, 1.82) is 0 Å². The third-order valence-corrected chi connectivity index (χ3v) is 5.02. The second-order valence-corrected chi connectivity index (χ2v) is 7.54. The number of H-pyrrole nitrogens is 1. The fourth-order valence-electron chi connectivity index (χ4n) is 3.40. The van der Waals surface area contributed by atoms with Crippen molar-refractivity contribution >= 4 is 12.2 Å². The van der Waals surface area contributed by atoms with E-state index >= 15 is 0 Å². The third kappa shape index (κ3) is 5.43. The zero-order valence-corrected chi connectivity index (χ0v) is 18.4. The highest BCUT2D eigenvalue weighted by Crippen LogP contribution is 2.18. The molecule has 2 aromatic heterocycles. The van der Waals surface area contributed by atoms with E-state index in [9.17, 15) is 0 Å². The minimum Gasteiger partial charge on any atom is -0.241 e. The fraction of sp³-hybridized carbons (Fsp3) is 0.240. The van der Waals surface area contributed by atoms with Crippen LogP contribution in [0.2, 0.25) is 0 Å². The van der Waals surface area contributed by atoms with Crippen molar-refractivity contribution in [1.82, 2.24) is 35.4 Å². The summed E-state index contributed by atoms with van der Waals surface area (Å²) >= 11 is 0. The highest BCUT2D eigenvalue weighted by Gasteiger charge is 2.08. The molecule has 0 spiro atoms. The lowest BCUT2D eigenvalue weighted by Crippen LogP contribution is -2.04. The maximum Gasteiger partial charge on any atom is 0.204 e. The van der Waals surface area contributed by atoms with Crippen molar-refractivity contribution in [3.05, 3.63) is 89.0 Å². The molecule has 7 nitrogen and oxygen atoms in total. The predicted molar refractivity (Wildman–Crippen MR) is 127 cm³/mol. The zero-order valence-electron chi connectivity index (χ0n) is 18.4. The van der Waals surface area contributed by atoms with Crippen LogP contribution < -0.4 is 0 Å². The lowest BCUT2D eigenvalue weighted by atomic mass is 10.0. The van der Waals surface area contributed by atoms with Gasteiger partial charge in [-0.2, -0.15) is 10.3 Å². The van der Waals surface area contributed by atoms with Gasteiger partial charge in [-0.05, 0) is 59.4 Å². The second-order valence-electron chi connectivity index (χ2n) is 7.54. The van der Waals surface area contributed by atoms with E-state index in [2.05, 4.69) is 93.1 Å². The molecule has 7 heteroatoms. The van der Waals surface area contributed by atoms with Crippen molar-refractivity contribution in [2.45, 2.75) is 39.7 Å². The van der Waals surface area contributed by atoms with Crippen molar-refractivity contribution in [3.8, 4) is 11.4 Å². The topological polar surface area (TPSA) is 85.2 Å². The van der Waals surface area contributed by atoms with E-state index in [-0.39, 0.29) is 0 Å². The third-order valence-electron chi connectivity index (χ3n) is 5.02. The first-order valence-corrected chi connectivity index (χ1v) is 10.9. The van der Waals surface area contributed by atoms with E-state index in [1.807, 2.05) is 29.0 Å². The summed E-state index contributed by atoms with van der Waals surface area (Å²) in [5, 5.41) is 18.9. The van der Waals surface area contributed by atoms with Crippen molar-refractivity contribution in [2.75, 3.05) is 0 Å². The monoisotopic (exact) mass is 425 g/mol. The van der Waals surface area contributed by atoms with Crippen molar-refractivity contribution in [3.63, 3.8) is 0 Å². The molecule has 0 saturated heterocycles. The SMILES string of the molecule is CC/C=C/c1nc(/C=C/CC)n(Cc2ccc(Cc3cccc(-c4nn[nH]n4)c3)cc2)n1. The second kappa shape index (κ2) is 10.4. The predicted octanol–water partition coefficient (Wildman–Crippen LogP) is 4.94. The Bertz CT molecular complexity index is 1190. The number of tetrazole rings is 1. The van der Waals surface area contributed by atoms with Gasteiger partial charge in [0.15, 0.2) is 11.6 Å². The van der Waals surface area contributed by atoms with Crippen LogP contribution in [0.25, 0.3) is 23.5 Å². The number of nitrogens with zero attached hydrogens (tertiary/aromatic N) is 6. The average molecular weight is 426 g/mol. The first kappa shape index (κ1) is 21.4. The Morgan fingerprint density at radius 1 is 0.906 bits per heavy atom. The van der Waals surface area contributed by atoms with Gasteiger partial charge in [-0.25, -0.2) is 9.67 Å². The van der Waals surface area contributed by atoms with Crippen LogP contribution in [0, 0.1) is 0 Å². The van der Waals surface area contributed by atoms with Gasteiger partial charge in [-0.3, -0.25) is 0 Å². The molecule has 0 aliphatic rings. The van der Waals surface area contributed by atoms with Crippen molar-refractivity contribution < 1.29 is 0 Å². The summed E-state index contributed by atoms with van der Waals surface area (Å²) in [4.78, 5) is 4.65. The van der Waals surface area contributed by atoms with Crippen LogP contribution in [0.4, 0.5) is 0 Å². The van der Waals surface area contributed by atoms with Crippen LogP contribution in [-0.4, -0.2) is 35.4 Å². The summed E-state index contributed by atoms with van der Waals surface area (Å²) in [5.74, 6) is 2.24. The van der Waals surface area contributed by atoms with E-state index in [0.717, 1.165) is 36.5 Å². The maximum atomic E-state index is 4.67. The molecule has 2 heterocycles. The number of benzene rings is 2. The molecule has 0 amide bonds. The van der Waals surface area contributed by atoms with Gasteiger partial charge >= 0.3 is 0 Å². The molecule has 1 N–H and O–H groups in total. The number of aromatic amines is 1. The van der Waals surface area contributed by atoms with E-state index in [4.69, 9.17) is 0 Å². The van der Waals surface area contributed by atoms with Crippen molar-refractivity contribution in [2.24, 2.45) is 0 Å². The van der Waals surface area contributed by atoms with Gasteiger partial charge in [0.05, 0.1) is 6.54 Å². The quantitative estimate of drug-likeness (QED) is 0.410. The minimum atomic E-state index is 0.608. The number of aromatic nitrogens is 7. The molecule has 0 bridgehead atoms. The van der Waals surface area contributed by atoms with Crippen LogP contribution >= 0.6 is 0 Å². The zero-order chi connectivity index (χ0) is 22.2. The molecular formula is C25H27N7. The summed E-state index contributed by atoms with van der Waals surface area (Å²) in [5.41, 5.74) is 4.60. The molecule has 0 aliphatic heterocycles. The Kier molecular flexibility index (Phi) is 6.97. The Hall–Kier alpha value is -3.87. The van der Waals surface area contributed by atoms with Gasteiger partial charge in [0, 0.05) is 5.56 Å². The number of hydrogen-bond donors (Lipinski definition) is 1. The lowest BCUT2D eigenvalue weighted by Gasteiger charge is -2.07. The number of rotatable bonds is 9. The van der Waals surface area contributed by atoms with Crippen LogP contribution in [-0.2, 0) is 13.0 Å². The van der Waals surface area contributed by atoms with Gasteiger partial charge < -0.3 is 0 Å². The van der Waals surface area contributed by atoms with E-state index in [0.29, 0.717) is 12.4 Å². The first-order chi connectivity index (χ1) is 15.7. The largest absolute Gasteiger partial charge is 0.241 e. The van der Waals surface area contributed by atoms with E-state index < -0.39 is 0 Å². The number of allylic oxidation sites excluding steroid dienone is 2. The standard InChI is InChI=1S/C25H27N7/c1-3-5-10-23-26-24(11-6-4-2)32(29-23)18-20-14-12-19(13-15-20)16-21-8-7-9-22(17-21)25-27-30-31-28-25/h5-15,17H,3-4,16,18H2,1-2H3,(H,27,28,30,31)/b10-5+,11-6+. The van der Waals surface area contributed by atoms with E-state index in [1.54, 1.807) is 0 Å². The lowest BCUT2D eigenvalue weighted by molar-refractivity contribution is 0.676. The smallest absolute Gasteiger partial charge is 0.204 e. The molecular weight excluding hydrogens is 398 g/mol. The van der Waals surface area contributed by atoms with Crippen LogP contribution in [0.5, 0.6) is 0 Å². The molecule has 162 valence electrons. The van der Waals surface area contributed by atoms with Gasteiger partial charge in [-0.1, -0.05) is 68.5 Å². The Balaban J connectivity index is 1.47. The Morgan fingerprint density at radius 2 is 1.69 bits per heavy atom. The Morgan fingerprint density at radius 3 is 2.44 bits per heavy atom. The fourth-order valence-corrected chi connectivity index (χ4v) is 3.40. The van der Waals surface area contributed by atoms with Crippen LogP contribution in [0.1, 0.15) is 55.0 Å². The first-order valence-electron chi connectivity index (χ1n) is 10.9. The molecule has 0 fully saturated rings. The molecule has 0 radical (unpaired) electrons. The number of hydrogen-bond acceptors (Lipinski definition) is 5. The average Bonchev–Trinajstić information content (AvgIpc) is 3.48. The summed E-state index contributed by atoms with van der Waals surface area (Å²) in [7, 11) is 0. The maximum absolute atomic E-state index is 4.67. The normalized spacial score (nSPS) is 11.7. The highest BCUT2D eigenvalue weighted by molar-refractivity contribution is 5.55. The summed E-state index contributed by atoms with van der Waals surface area (Å²) in [6, 6.07) is 16.9. The van der Waals surface area contributed by atoms with Crippen LogP contribution in [0.3, 0.4) is 0 Å². The van der Waals surface area contributed by atoms with Gasteiger partial charge in [0.25, 0.3) is 0 Å². The highest BCUT2D eigenvalue weighted by atomic mass is 15.5. The Labute approximate surface area is 187 Å². The number of nitrogens with one attached hydrogen (secondary N) is 1. The van der Waals surface area contributed by atoms with Gasteiger partial charge in [-0.15, -0.1) is 10.2 Å². The minimum absolute atomic E-state index is 0.608. The summed E-state index contributed by atoms with van der Waals surface area (Å²) in [6.07, 6.45) is 11.0. The van der Waals surface area contributed by atoms with Crippen LogP contribution in [0.15, 0.2) is 60.7 Å². The molecule has 0 atom stereocenters. The summed E-state index contributed by atoms with van der Waals surface area (Å²) in [6.45, 7) is 4.91. The molecule has 0 saturated carbocycles. The molecule has 0 aliphatic carbocycles.